The van der Waals surface area contributed by atoms with Crippen LogP contribution in [-0.2, 0) is 6.54 Å². The monoisotopic (exact) mass is 314 g/mol. The third-order valence-electron chi connectivity index (χ3n) is 2.87. The first-order valence-electron chi connectivity index (χ1n) is 5.61. The predicted molar refractivity (Wildman–Crippen MR) is 73.5 cm³/mol. The molecule has 0 aromatic heterocycles. The van der Waals surface area contributed by atoms with Crippen LogP contribution in [0.3, 0.4) is 0 Å². The molecule has 0 saturated heterocycles. The highest BCUT2D eigenvalue weighted by Crippen LogP contribution is 2.35. The minimum Gasteiger partial charge on any atom is -0.308 e. The lowest BCUT2D eigenvalue weighted by molar-refractivity contribution is -0.385. The van der Waals surface area contributed by atoms with Crippen molar-refractivity contribution >= 4 is 27.3 Å². The third-order valence-corrected chi connectivity index (χ3v) is 3.50. The van der Waals surface area contributed by atoms with Gasteiger partial charge in [-0.1, -0.05) is 0 Å². The number of halogens is 1. The molecule has 1 aromatic rings. The highest BCUT2D eigenvalue weighted by Gasteiger charge is 2.24. The van der Waals surface area contributed by atoms with Crippen molar-refractivity contribution in [2.24, 2.45) is 0 Å². The van der Waals surface area contributed by atoms with Crippen molar-refractivity contribution in [2.75, 3.05) is 32.2 Å². The Morgan fingerprint density at radius 3 is 2.89 bits per heavy atom. The molecule has 18 heavy (non-hydrogen) atoms. The predicted octanol–water partition coefficient (Wildman–Crippen LogP) is 1.74. The number of hydrogen-bond donors (Lipinski definition) is 1. The fraction of sp³-hybridized carbons (Fsp3) is 0.455. The molecule has 6 nitrogen and oxygen atoms in total. The van der Waals surface area contributed by atoms with E-state index < -0.39 is 0 Å². The molecule has 0 radical (unpaired) electrons. The van der Waals surface area contributed by atoms with Crippen molar-refractivity contribution in [3.05, 3.63) is 32.3 Å². The summed E-state index contributed by atoms with van der Waals surface area (Å²) in [5.74, 6) is 0. The van der Waals surface area contributed by atoms with Crippen molar-refractivity contribution < 1.29 is 4.92 Å². The Morgan fingerprint density at radius 2 is 2.28 bits per heavy atom. The molecular formula is C11H15BrN4O2. The number of hydrazine groups is 1. The van der Waals surface area contributed by atoms with E-state index >= 15 is 0 Å². The smallest absolute Gasteiger partial charge is 0.283 e. The molecule has 0 atom stereocenters. The Bertz CT molecular complexity index is 478. The van der Waals surface area contributed by atoms with Gasteiger partial charge in [0.1, 0.15) is 0 Å². The van der Waals surface area contributed by atoms with Crippen LogP contribution in [0.1, 0.15) is 5.56 Å². The lowest BCUT2D eigenvalue weighted by Gasteiger charge is -2.21. The van der Waals surface area contributed by atoms with E-state index in [0.717, 1.165) is 24.3 Å². The SMILES string of the molecule is CN(C)CCN1NCc2cc([N+](=O)[O-])c(Br)cc21. The number of fused-ring (bicyclic) bond motifs is 1. The number of nitrogens with one attached hydrogen (secondary N) is 1. The number of likely N-dealkylation sites (N-methyl/N-ethyl adjacent to an activating group) is 1. The first-order chi connectivity index (χ1) is 8.49. The number of rotatable bonds is 4. The Morgan fingerprint density at radius 1 is 1.56 bits per heavy atom. The average molecular weight is 315 g/mol. The van der Waals surface area contributed by atoms with Gasteiger partial charge in [-0.2, -0.15) is 0 Å². The number of hydrogen-bond acceptors (Lipinski definition) is 5. The van der Waals surface area contributed by atoms with E-state index in [9.17, 15) is 10.1 Å². The molecule has 1 N–H and O–H groups in total. The van der Waals surface area contributed by atoms with E-state index in [4.69, 9.17) is 0 Å². The Hall–Kier alpha value is -1.18. The third kappa shape index (κ3) is 2.63. The zero-order chi connectivity index (χ0) is 13.3. The summed E-state index contributed by atoms with van der Waals surface area (Å²) in [5, 5.41) is 12.9. The van der Waals surface area contributed by atoms with Crippen LogP contribution in [0.4, 0.5) is 11.4 Å². The Labute approximate surface area is 114 Å². The topological polar surface area (TPSA) is 61.6 Å². The van der Waals surface area contributed by atoms with Gasteiger partial charge in [-0.25, -0.2) is 5.43 Å². The quantitative estimate of drug-likeness (QED) is 0.677. The number of anilines is 1. The van der Waals surface area contributed by atoms with Gasteiger partial charge in [-0.15, -0.1) is 0 Å². The second kappa shape index (κ2) is 5.21. The van der Waals surface area contributed by atoms with Gasteiger partial charge in [0, 0.05) is 25.7 Å². The summed E-state index contributed by atoms with van der Waals surface area (Å²) < 4.78 is 0.518. The maximum absolute atomic E-state index is 10.9. The normalized spacial score (nSPS) is 14.1. The van der Waals surface area contributed by atoms with E-state index in [1.165, 1.54) is 0 Å². The van der Waals surface area contributed by atoms with Gasteiger partial charge < -0.3 is 9.91 Å². The highest BCUT2D eigenvalue weighted by atomic mass is 79.9. The number of benzene rings is 1. The van der Waals surface area contributed by atoms with Crippen LogP contribution in [0.5, 0.6) is 0 Å². The van der Waals surface area contributed by atoms with Crippen LogP contribution in [-0.4, -0.2) is 37.0 Å². The van der Waals surface area contributed by atoms with Crippen LogP contribution in [0.2, 0.25) is 0 Å². The molecule has 98 valence electrons. The molecular weight excluding hydrogens is 300 g/mol. The zero-order valence-electron chi connectivity index (χ0n) is 10.3. The van der Waals surface area contributed by atoms with Crippen LogP contribution in [0.15, 0.2) is 16.6 Å². The van der Waals surface area contributed by atoms with E-state index in [-0.39, 0.29) is 10.6 Å². The number of nitro benzene ring substituents is 1. The summed E-state index contributed by atoms with van der Waals surface area (Å²) in [4.78, 5) is 12.6. The number of nitrogens with zero attached hydrogens (tertiary/aromatic N) is 3. The summed E-state index contributed by atoms with van der Waals surface area (Å²) in [6.45, 7) is 2.39. The minimum atomic E-state index is -0.368. The molecule has 0 unspecified atom stereocenters. The van der Waals surface area contributed by atoms with E-state index in [0.29, 0.717) is 11.0 Å². The second-order valence-corrected chi connectivity index (χ2v) is 5.33. The van der Waals surface area contributed by atoms with Gasteiger partial charge in [-0.3, -0.25) is 10.1 Å². The van der Waals surface area contributed by atoms with Gasteiger partial charge in [0.25, 0.3) is 5.69 Å². The van der Waals surface area contributed by atoms with Gasteiger partial charge >= 0.3 is 0 Å². The van der Waals surface area contributed by atoms with Gasteiger partial charge in [0.2, 0.25) is 0 Å². The maximum atomic E-state index is 10.9. The summed E-state index contributed by atoms with van der Waals surface area (Å²) in [5.41, 5.74) is 5.32. The Balaban J connectivity index is 2.23. The van der Waals surface area contributed by atoms with Crippen LogP contribution >= 0.6 is 15.9 Å². The van der Waals surface area contributed by atoms with Gasteiger partial charge in [0.05, 0.1) is 15.1 Å². The van der Waals surface area contributed by atoms with Gasteiger partial charge in [-0.05, 0) is 41.7 Å². The van der Waals surface area contributed by atoms with Crippen molar-refractivity contribution in [3.8, 4) is 0 Å². The van der Waals surface area contributed by atoms with Crippen molar-refractivity contribution in [2.45, 2.75) is 6.54 Å². The van der Waals surface area contributed by atoms with E-state index in [1.807, 2.05) is 25.2 Å². The molecule has 0 saturated carbocycles. The standard InChI is InChI=1S/C11H15BrN4O2/c1-14(2)3-4-15-10-6-9(12)11(16(17)18)5-8(10)7-13-15/h5-6,13H,3-4,7H2,1-2H3. The fourth-order valence-electron chi connectivity index (χ4n) is 1.89. The highest BCUT2D eigenvalue weighted by molar-refractivity contribution is 9.10. The summed E-state index contributed by atoms with van der Waals surface area (Å²) in [6.07, 6.45) is 0. The molecule has 0 fully saturated rings. The fourth-order valence-corrected chi connectivity index (χ4v) is 2.37. The summed E-state index contributed by atoms with van der Waals surface area (Å²) in [6, 6.07) is 3.44. The molecule has 0 spiro atoms. The van der Waals surface area contributed by atoms with Crippen LogP contribution < -0.4 is 10.4 Å². The summed E-state index contributed by atoms with van der Waals surface area (Å²) in [7, 11) is 4.03. The largest absolute Gasteiger partial charge is 0.308 e. The maximum Gasteiger partial charge on any atom is 0.283 e. The first-order valence-corrected chi connectivity index (χ1v) is 6.41. The van der Waals surface area contributed by atoms with E-state index in [1.54, 1.807) is 6.07 Å². The van der Waals surface area contributed by atoms with Crippen molar-refractivity contribution in [1.29, 1.82) is 0 Å². The molecule has 0 aliphatic carbocycles. The molecule has 7 heteroatoms. The van der Waals surface area contributed by atoms with Gasteiger partial charge in [0.15, 0.2) is 0 Å². The lowest BCUT2D eigenvalue weighted by Crippen LogP contribution is -2.37. The molecule has 1 aromatic carbocycles. The summed E-state index contributed by atoms with van der Waals surface area (Å²) >= 11 is 3.25. The molecule has 1 aliphatic heterocycles. The average Bonchev–Trinajstić information content (AvgIpc) is 2.67. The zero-order valence-corrected chi connectivity index (χ0v) is 11.9. The van der Waals surface area contributed by atoms with E-state index in [2.05, 4.69) is 26.3 Å². The second-order valence-electron chi connectivity index (χ2n) is 4.48. The lowest BCUT2D eigenvalue weighted by atomic mass is 10.1. The van der Waals surface area contributed by atoms with Crippen molar-refractivity contribution in [3.63, 3.8) is 0 Å². The molecule has 0 amide bonds. The van der Waals surface area contributed by atoms with Crippen molar-refractivity contribution in [1.82, 2.24) is 10.3 Å². The first kappa shape index (κ1) is 13.3. The Kier molecular flexibility index (Phi) is 3.84. The minimum absolute atomic E-state index is 0.116. The van der Waals surface area contributed by atoms with Crippen LogP contribution in [0, 0.1) is 10.1 Å². The molecule has 1 heterocycles. The molecule has 0 bridgehead atoms. The number of nitro groups is 1. The van der Waals surface area contributed by atoms with Crippen LogP contribution in [0.25, 0.3) is 0 Å². The molecule has 2 rings (SSSR count). The molecule has 1 aliphatic rings.